The van der Waals surface area contributed by atoms with E-state index in [-0.39, 0.29) is 12.4 Å². The highest BCUT2D eigenvalue weighted by Crippen LogP contribution is 2.09. The topological polar surface area (TPSA) is 83.2 Å². The van der Waals surface area contributed by atoms with Gasteiger partial charge in [-0.3, -0.25) is 0 Å². The molecule has 6 nitrogen and oxygen atoms in total. The van der Waals surface area contributed by atoms with Crippen molar-refractivity contribution in [2.75, 3.05) is 6.61 Å². The molecule has 0 fully saturated rings. The number of benzene rings is 1. The molecule has 0 bridgehead atoms. The van der Waals surface area contributed by atoms with Crippen molar-refractivity contribution in [3.63, 3.8) is 0 Å². The molecular weight excluding hydrogens is 232 g/mol. The molecule has 0 radical (unpaired) electrons. The van der Waals surface area contributed by atoms with Gasteiger partial charge >= 0.3 is 0 Å². The quantitative estimate of drug-likeness (QED) is 0.683. The van der Waals surface area contributed by atoms with Gasteiger partial charge in [0.1, 0.15) is 5.75 Å². The molecule has 0 saturated heterocycles. The van der Waals surface area contributed by atoms with E-state index in [0.29, 0.717) is 19.6 Å². The third kappa shape index (κ3) is 3.54. The summed E-state index contributed by atoms with van der Waals surface area (Å²) in [6.45, 7) is 1.84. The summed E-state index contributed by atoms with van der Waals surface area (Å²) in [7, 11) is 0. The summed E-state index contributed by atoms with van der Waals surface area (Å²) in [5.41, 5.74) is 1.93. The summed E-state index contributed by atoms with van der Waals surface area (Å²) < 4.78 is 1.61. The molecule has 96 valence electrons. The van der Waals surface area contributed by atoms with E-state index in [4.69, 9.17) is 10.2 Å². The number of phenolic OH excluding ortho intramolecular Hbond substituents is 1. The molecule has 6 heteroatoms. The van der Waals surface area contributed by atoms with Crippen molar-refractivity contribution in [2.45, 2.75) is 19.6 Å². The molecule has 1 aromatic carbocycles. The molecule has 0 spiro atoms. The highest BCUT2D eigenvalue weighted by Gasteiger charge is 2.00. The Bertz CT molecular complexity index is 481. The van der Waals surface area contributed by atoms with E-state index < -0.39 is 0 Å². The Morgan fingerprint density at radius 1 is 1.17 bits per heavy atom. The predicted octanol–water partition coefficient (Wildman–Crippen LogP) is 0.266. The summed E-state index contributed by atoms with van der Waals surface area (Å²) in [5.74, 6) is 0.269. The van der Waals surface area contributed by atoms with E-state index in [9.17, 15) is 0 Å². The van der Waals surface area contributed by atoms with Crippen LogP contribution in [0.2, 0.25) is 0 Å². The van der Waals surface area contributed by atoms with Gasteiger partial charge in [-0.1, -0.05) is 17.3 Å². The van der Waals surface area contributed by atoms with Crippen LogP contribution in [0.3, 0.4) is 0 Å². The van der Waals surface area contributed by atoms with Gasteiger partial charge in [-0.15, -0.1) is 5.10 Å². The molecule has 0 aliphatic heterocycles. The van der Waals surface area contributed by atoms with E-state index in [1.807, 2.05) is 12.1 Å². The fraction of sp³-hybridized carbons (Fsp3) is 0.333. The molecule has 2 rings (SSSR count). The number of aromatic hydroxyl groups is 1. The number of phenols is 1. The van der Waals surface area contributed by atoms with Crippen molar-refractivity contribution in [3.8, 4) is 5.75 Å². The zero-order valence-electron chi connectivity index (χ0n) is 9.95. The highest BCUT2D eigenvalue weighted by atomic mass is 16.3. The first-order valence-corrected chi connectivity index (χ1v) is 5.76. The average molecular weight is 248 g/mol. The molecule has 18 heavy (non-hydrogen) atoms. The molecule has 3 N–H and O–H groups in total. The Morgan fingerprint density at radius 2 is 1.94 bits per heavy atom. The highest BCUT2D eigenvalue weighted by molar-refractivity contribution is 5.25. The van der Waals surface area contributed by atoms with Gasteiger partial charge in [0.25, 0.3) is 0 Å². The SMILES string of the molecule is OCCn1cc(CNCc2ccc(O)cc2)nn1. The van der Waals surface area contributed by atoms with Crippen LogP contribution in [-0.4, -0.2) is 31.8 Å². The molecule has 0 aliphatic rings. The molecule has 0 amide bonds. The zero-order chi connectivity index (χ0) is 12.8. The summed E-state index contributed by atoms with van der Waals surface area (Å²) >= 11 is 0. The Kier molecular flexibility index (Phi) is 4.27. The first kappa shape index (κ1) is 12.5. The smallest absolute Gasteiger partial charge is 0.115 e. The molecule has 2 aromatic rings. The van der Waals surface area contributed by atoms with Gasteiger partial charge in [0.2, 0.25) is 0 Å². The molecule has 0 atom stereocenters. The fourth-order valence-electron chi connectivity index (χ4n) is 1.58. The van der Waals surface area contributed by atoms with Crippen LogP contribution in [0.4, 0.5) is 0 Å². The second-order valence-electron chi connectivity index (χ2n) is 3.97. The van der Waals surface area contributed by atoms with E-state index in [0.717, 1.165) is 11.3 Å². The molecule has 0 saturated carbocycles. The van der Waals surface area contributed by atoms with Crippen LogP contribution < -0.4 is 5.32 Å². The lowest BCUT2D eigenvalue weighted by molar-refractivity contribution is 0.268. The van der Waals surface area contributed by atoms with Crippen LogP contribution in [0.1, 0.15) is 11.3 Å². The van der Waals surface area contributed by atoms with Crippen molar-refractivity contribution in [3.05, 3.63) is 41.7 Å². The van der Waals surface area contributed by atoms with Crippen LogP contribution in [0.15, 0.2) is 30.5 Å². The van der Waals surface area contributed by atoms with E-state index in [2.05, 4.69) is 15.6 Å². The Balaban J connectivity index is 1.79. The first-order valence-electron chi connectivity index (χ1n) is 5.76. The monoisotopic (exact) mass is 248 g/mol. The van der Waals surface area contributed by atoms with Crippen molar-refractivity contribution in [2.24, 2.45) is 0 Å². The number of hydrogen-bond acceptors (Lipinski definition) is 5. The summed E-state index contributed by atoms with van der Waals surface area (Å²) in [4.78, 5) is 0. The summed E-state index contributed by atoms with van der Waals surface area (Å²) in [6.07, 6.45) is 1.81. The van der Waals surface area contributed by atoms with Crippen LogP contribution in [0.5, 0.6) is 5.75 Å². The van der Waals surface area contributed by atoms with Crippen LogP contribution in [-0.2, 0) is 19.6 Å². The van der Waals surface area contributed by atoms with Gasteiger partial charge in [0.05, 0.1) is 18.8 Å². The first-order chi connectivity index (χ1) is 8.78. The average Bonchev–Trinajstić information content (AvgIpc) is 2.80. The van der Waals surface area contributed by atoms with E-state index in [1.165, 1.54) is 0 Å². The molecule has 0 unspecified atom stereocenters. The van der Waals surface area contributed by atoms with Crippen molar-refractivity contribution in [1.82, 2.24) is 20.3 Å². The fourth-order valence-corrected chi connectivity index (χ4v) is 1.58. The number of nitrogens with one attached hydrogen (secondary N) is 1. The van der Waals surface area contributed by atoms with Crippen molar-refractivity contribution < 1.29 is 10.2 Å². The normalized spacial score (nSPS) is 10.7. The van der Waals surface area contributed by atoms with E-state index in [1.54, 1.807) is 23.0 Å². The van der Waals surface area contributed by atoms with Gasteiger partial charge in [0, 0.05) is 19.3 Å². The van der Waals surface area contributed by atoms with Crippen LogP contribution in [0, 0.1) is 0 Å². The number of aliphatic hydroxyl groups excluding tert-OH is 1. The maximum atomic E-state index is 9.15. The molecule has 1 heterocycles. The number of aliphatic hydroxyl groups is 1. The lowest BCUT2D eigenvalue weighted by atomic mass is 10.2. The number of aromatic nitrogens is 3. The van der Waals surface area contributed by atoms with Gasteiger partial charge in [-0.2, -0.15) is 0 Å². The standard InChI is InChI=1S/C12H16N4O2/c17-6-5-16-9-11(14-15-16)8-13-7-10-1-3-12(18)4-2-10/h1-4,9,13,17-18H,5-8H2. The minimum Gasteiger partial charge on any atom is -0.508 e. The largest absolute Gasteiger partial charge is 0.508 e. The van der Waals surface area contributed by atoms with Gasteiger partial charge in [-0.25, -0.2) is 4.68 Å². The minimum absolute atomic E-state index is 0.0593. The lowest BCUT2D eigenvalue weighted by Gasteiger charge is -2.02. The van der Waals surface area contributed by atoms with Crippen molar-refractivity contribution >= 4 is 0 Å². The molecular formula is C12H16N4O2. The summed E-state index contributed by atoms with van der Waals surface area (Å²) in [6, 6.07) is 7.05. The maximum Gasteiger partial charge on any atom is 0.115 e. The Morgan fingerprint density at radius 3 is 2.67 bits per heavy atom. The molecule has 0 aliphatic carbocycles. The third-order valence-corrected chi connectivity index (χ3v) is 2.49. The van der Waals surface area contributed by atoms with E-state index >= 15 is 0 Å². The third-order valence-electron chi connectivity index (χ3n) is 2.49. The minimum atomic E-state index is 0.0593. The number of hydrogen-bond donors (Lipinski definition) is 3. The zero-order valence-corrected chi connectivity index (χ0v) is 9.95. The van der Waals surface area contributed by atoms with Gasteiger partial charge < -0.3 is 15.5 Å². The number of rotatable bonds is 6. The van der Waals surface area contributed by atoms with Crippen LogP contribution >= 0.6 is 0 Å². The second kappa shape index (κ2) is 6.13. The van der Waals surface area contributed by atoms with Crippen LogP contribution in [0.25, 0.3) is 0 Å². The second-order valence-corrected chi connectivity index (χ2v) is 3.97. The molecule has 1 aromatic heterocycles. The van der Waals surface area contributed by atoms with Crippen molar-refractivity contribution in [1.29, 1.82) is 0 Å². The predicted molar refractivity (Wildman–Crippen MR) is 65.8 cm³/mol. The van der Waals surface area contributed by atoms with Gasteiger partial charge in [0.15, 0.2) is 0 Å². The summed E-state index contributed by atoms with van der Waals surface area (Å²) in [5, 5.41) is 29.0. The Hall–Kier alpha value is -1.92. The maximum absolute atomic E-state index is 9.15. The number of nitrogens with zero attached hydrogens (tertiary/aromatic N) is 3. The van der Waals surface area contributed by atoms with Gasteiger partial charge in [-0.05, 0) is 17.7 Å². The lowest BCUT2D eigenvalue weighted by Crippen LogP contribution is -2.12. The Labute approximate surface area is 105 Å².